The third-order valence-electron chi connectivity index (χ3n) is 1.15. The SMILES string of the molecule is CCCCCNC(C)=O.P. The van der Waals surface area contributed by atoms with Crippen molar-refractivity contribution in [2.24, 2.45) is 0 Å². The molecule has 0 radical (unpaired) electrons. The van der Waals surface area contributed by atoms with Crippen LogP contribution < -0.4 is 5.32 Å². The summed E-state index contributed by atoms with van der Waals surface area (Å²) < 4.78 is 0. The summed E-state index contributed by atoms with van der Waals surface area (Å²) in [6.45, 7) is 4.53. The fraction of sp³-hybridized carbons (Fsp3) is 0.857. The first kappa shape index (κ1) is 12.6. The predicted molar refractivity (Wildman–Crippen MR) is 49.3 cm³/mol. The Balaban J connectivity index is 0. The van der Waals surface area contributed by atoms with Crippen LogP contribution in [0.1, 0.15) is 33.1 Å². The van der Waals surface area contributed by atoms with E-state index < -0.39 is 0 Å². The number of hydrogen-bond acceptors (Lipinski definition) is 1. The number of rotatable bonds is 4. The lowest BCUT2D eigenvalue weighted by Gasteiger charge is -1.98. The molecule has 0 aliphatic heterocycles. The second kappa shape index (κ2) is 8.90. The molecule has 62 valence electrons. The summed E-state index contributed by atoms with van der Waals surface area (Å²) >= 11 is 0. The van der Waals surface area contributed by atoms with Crippen LogP contribution in [0.5, 0.6) is 0 Å². The molecule has 1 amide bonds. The molecule has 0 aliphatic rings. The normalized spacial score (nSPS) is 8.20. The smallest absolute Gasteiger partial charge is 0.216 e. The van der Waals surface area contributed by atoms with Gasteiger partial charge in [-0.3, -0.25) is 4.79 Å². The second-order valence-corrected chi connectivity index (χ2v) is 2.19. The molecule has 0 aromatic rings. The van der Waals surface area contributed by atoms with Crippen molar-refractivity contribution < 1.29 is 4.79 Å². The van der Waals surface area contributed by atoms with Gasteiger partial charge in [0.2, 0.25) is 5.91 Å². The van der Waals surface area contributed by atoms with Gasteiger partial charge in [-0.05, 0) is 6.42 Å². The van der Waals surface area contributed by atoms with E-state index in [1.54, 1.807) is 6.92 Å². The Morgan fingerprint density at radius 2 is 2.00 bits per heavy atom. The zero-order valence-electron chi connectivity index (χ0n) is 6.94. The van der Waals surface area contributed by atoms with E-state index >= 15 is 0 Å². The van der Waals surface area contributed by atoms with E-state index in [0.29, 0.717) is 0 Å². The molecular formula is C7H18NOP. The number of nitrogens with one attached hydrogen (secondary N) is 1. The first-order chi connectivity index (χ1) is 4.27. The minimum atomic E-state index is 0. The molecule has 1 unspecified atom stereocenters. The van der Waals surface area contributed by atoms with Crippen molar-refractivity contribution in [3.63, 3.8) is 0 Å². The zero-order valence-corrected chi connectivity index (χ0v) is 8.36. The van der Waals surface area contributed by atoms with E-state index in [9.17, 15) is 4.79 Å². The maximum Gasteiger partial charge on any atom is 0.216 e. The molecule has 0 spiro atoms. The lowest BCUT2D eigenvalue weighted by Crippen LogP contribution is -2.20. The van der Waals surface area contributed by atoms with Crippen molar-refractivity contribution in [3.05, 3.63) is 0 Å². The molecule has 3 heteroatoms. The second-order valence-electron chi connectivity index (χ2n) is 2.19. The summed E-state index contributed by atoms with van der Waals surface area (Å²) in [5.41, 5.74) is 0. The van der Waals surface area contributed by atoms with Crippen LogP contribution >= 0.6 is 9.90 Å². The Bertz CT molecular complexity index is 85.7. The van der Waals surface area contributed by atoms with Crippen molar-refractivity contribution in [1.29, 1.82) is 0 Å². The number of carbonyl (C=O) groups is 1. The molecule has 0 fully saturated rings. The van der Waals surface area contributed by atoms with Crippen molar-refractivity contribution >= 4 is 15.8 Å². The van der Waals surface area contributed by atoms with Crippen molar-refractivity contribution in [2.45, 2.75) is 33.1 Å². The van der Waals surface area contributed by atoms with E-state index in [1.807, 2.05) is 0 Å². The third kappa shape index (κ3) is 10.8. The fourth-order valence-corrected chi connectivity index (χ4v) is 0.639. The van der Waals surface area contributed by atoms with Gasteiger partial charge < -0.3 is 5.32 Å². The van der Waals surface area contributed by atoms with Gasteiger partial charge in [0.1, 0.15) is 0 Å². The van der Waals surface area contributed by atoms with Crippen LogP contribution in [0.4, 0.5) is 0 Å². The van der Waals surface area contributed by atoms with Gasteiger partial charge >= 0.3 is 0 Å². The first-order valence-corrected chi connectivity index (χ1v) is 3.51. The topological polar surface area (TPSA) is 29.1 Å². The molecule has 0 aromatic carbocycles. The van der Waals surface area contributed by atoms with Gasteiger partial charge in [-0.1, -0.05) is 19.8 Å². The molecule has 1 atom stereocenters. The maximum atomic E-state index is 10.3. The third-order valence-corrected chi connectivity index (χ3v) is 1.15. The Morgan fingerprint density at radius 1 is 1.40 bits per heavy atom. The average Bonchev–Trinajstić information content (AvgIpc) is 1.80. The summed E-state index contributed by atoms with van der Waals surface area (Å²) in [4.78, 5) is 10.3. The lowest BCUT2D eigenvalue weighted by molar-refractivity contribution is -0.118. The van der Waals surface area contributed by atoms with Crippen LogP contribution in [0.2, 0.25) is 0 Å². The van der Waals surface area contributed by atoms with Crippen LogP contribution in [0.3, 0.4) is 0 Å². The summed E-state index contributed by atoms with van der Waals surface area (Å²) in [7, 11) is 0. The van der Waals surface area contributed by atoms with Gasteiger partial charge in [-0.2, -0.15) is 9.90 Å². The highest BCUT2D eigenvalue weighted by Crippen LogP contribution is 1.90. The van der Waals surface area contributed by atoms with Crippen LogP contribution in [0, 0.1) is 0 Å². The Hall–Kier alpha value is -0.100. The van der Waals surface area contributed by atoms with Crippen LogP contribution in [0.15, 0.2) is 0 Å². The first-order valence-electron chi connectivity index (χ1n) is 3.51. The average molecular weight is 163 g/mol. The summed E-state index contributed by atoms with van der Waals surface area (Å²) in [5, 5.41) is 2.74. The van der Waals surface area contributed by atoms with E-state index in [1.165, 1.54) is 12.8 Å². The van der Waals surface area contributed by atoms with Gasteiger partial charge in [-0.15, -0.1) is 0 Å². The number of hydrogen-bond donors (Lipinski definition) is 1. The van der Waals surface area contributed by atoms with Crippen LogP contribution in [-0.4, -0.2) is 12.5 Å². The predicted octanol–water partition coefficient (Wildman–Crippen LogP) is 1.37. The van der Waals surface area contributed by atoms with Gasteiger partial charge in [0, 0.05) is 13.5 Å². The monoisotopic (exact) mass is 163 g/mol. The molecule has 0 rings (SSSR count). The number of carbonyl (C=O) groups excluding carboxylic acids is 1. The van der Waals surface area contributed by atoms with Gasteiger partial charge in [0.15, 0.2) is 0 Å². The van der Waals surface area contributed by atoms with E-state index in [2.05, 4.69) is 12.2 Å². The summed E-state index contributed by atoms with van der Waals surface area (Å²) in [6.07, 6.45) is 3.52. The fourth-order valence-electron chi connectivity index (χ4n) is 0.639. The van der Waals surface area contributed by atoms with E-state index in [-0.39, 0.29) is 15.8 Å². The Kier molecular flexibility index (Phi) is 11.2. The minimum absolute atomic E-state index is 0. The molecule has 2 nitrogen and oxygen atoms in total. The molecule has 0 bridgehead atoms. The lowest BCUT2D eigenvalue weighted by atomic mass is 10.2. The molecule has 10 heavy (non-hydrogen) atoms. The van der Waals surface area contributed by atoms with Crippen molar-refractivity contribution in [2.75, 3.05) is 6.54 Å². The molecule has 0 heterocycles. The summed E-state index contributed by atoms with van der Waals surface area (Å²) in [6, 6.07) is 0. The summed E-state index contributed by atoms with van der Waals surface area (Å²) in [5.74, 6) is 0.0751. The highest BCUT2D eigenvalue weighted by Gasteiger charge is 1.87. The van der Waals surface area contributed by atoms with Crippen LogP contribution in [-0.2, 0) is 4.79 Å². The molecule has 0 saturated carbocycles. The van der Waals surface area contributed by atoms with Crippen molar-refractivity contribution in [1.82, 2.24) is 5.32 Å². The number of amides is 1. The molecule has 1 N–H and O–H groups in total. The quantitative estimate of drug-likeness (QED) is 0.492. The molecule has 0 saturated heterocycles. The van der Waals surface area contributed by atoms with E-state index in [0.717, 1.165) is 13.0 Å². The Morgan fingerprint density at radius 3 is 2.40 bits per heavy atom. The van der Waals surface area contributed by atoms with E-state index in [4.69, 9.17) is 0 Å². The minimum Gasteiger partial charge on any atom is -0.356 e. The molecule has 0 aliphatic carbocycles. The van der Waals surface area contributed by atoms with Gasteiger partial charge in [0.05, 0.1) is 0 Å². The highest BCUT2D eigenvalue weighted by molar-refractivity contribution is 6.92. The zero-order chi connectivity index (χ0) is 7.11. The number of unbranched alkanes of at least 4 members (excludes halogenated alkanes) is 2. The van der Waals surface area contributed by atoms with Gasteiger partial charge in [-0.25, -0.2) is 0 Å². The highest BCUT2D eigenvalue weighted by atomic mass is 31.0. The molecular weight excluding hydrogens is 145 g/mol. The van der Waals surface area contributed by atoms with Gasteiger partial charge in [0.25, 0.3) is 0 Å². The maximum absolute atomic E-state index is 10.3. The molecule has 0 aromatic heterocycles. The largest absolute Gasteiger partial charge is 0.356 e. The standard InChI is InChI=1S/C7H15NO.H3P/c1-3-4-5-6-8-7(2)9;/h3-6H2,1-2H3,(H,8,9);1H3. The van der Waals surface area contributed by atoms with Crippen molar-refractivity contribution in [3.8, 4) is 0 Å². The Labute approximate surface area is 66.4 Å². The van der Waals surface area contributed by atoms with Crippen LogP contribution in [0.25, 0.3) is 0 Å².